The van der Waals surface area contributed by atoms with Gasteiger partial charge in [-0.2, -0.15) is 0 Å². The summed E-state index contributed by atoms with van der Waals surface area (Å²) in [5.41, 5.74) is -0.310. The van der Waals surface area contributed by atoms with Crippen LogP contribution in [0.5, 0.6) is 0 Å². The summed E-state index contributed by atoms with van der Waals surface area (Å²) in [5.74, 6) is 0.221. The summed E-state index contributed by atoms with van der Waals surface area (Å²) < 4.78 is 1.90. The SMILES string of the molecule is CC(C)NC(=O)c1cn(CC2CCCCC2)cc(C(=O)N(C)CC2CCCN(C)C2)c1=O. The molecule has 178 valence electrons. The molecule has 3 rings (SSSR count). The first-order valence-corrected chi connectivity index (χ1v) is 12.2. The normalized spacial score (nSPS) is 20.3. The lowest BCUT2D eigenvalue weighted by atomic mass is 9.89. The van der Waals surface area contributed by atoms with Crippen molar-refractivity contribution in [3.63, 3.8) is 0 Å². The summed E-state index contributed by atoms with van der Waals surface area (Å²) in [6.07, 6.45) is 11.5. The molecule has 1 N–H and O–H groups in total. The molecule has 2 amide bonds. The number of nitrogens with zero attached hydrogens (tertiary/aromatic N) is 3. The average molecular weight is 445 g/mol. The van der Waals surface area contributed by atoms with E-state index in [4.69, 9.17) is 0 Å². The van der Waals surface area contributed by atoms with Crippen LogP contribution in [-0.2, 0) is 6.54 Å². The lowest BCUT2D eigenvalue weighted by Crippen LogP contribution is -2.42. The van der Waals surface area contributed by atoms with Crippen LogP contribution in [0.1, 0.15) is 79.5 Å². The molecule has 7 nitrogen and oxygen atoms in total. The van der Waals surface area contributed by atoms with E-state index in [0.717, 1.165) is 45.3 Å². The van der Waals surface area contributed by atoms with Crippen LogP contribution in [0, 0.1) is 11.8 Å². The van der Waals surface area contributed by atoms with Gasteiger partial charge in [0, 0.05) is 45.1 Å². The Balaban J connectivity index is 1.86. The van der Waals surface area contributed by atoms with E-state index in [0.29, 0.717) is 18.4 Å². The second-order valence-electron chi connectivity index (χ2n) is 10.2. The highest BCUT2D eigenvalue weighted by atomic mass is 16.2. The van der Waals surface area contributed by atoms with Crippen LogP contribution in [0.4, 0.5) is 0 Å². The van der Waals surface area contributed by atoms with Crippen molar-refractivity contribution >= 4 is 11.8 Å². The van der Waals surface area contributed by atoms with Crippen LogP contribution in [0.15, 0.2) is 17.2 Å². The summed E-state index contributed by atoms with van der Waals surface area (Å²) in [6, 6.07) is -0.0842. The lowest BCUT2D eigenvalue weighted by molar-refractivity contribution is 0.0738. The van der Waals surface area contributed by atoms with E-state index >= 15 is 0 Å². The molecule has 0 bridgehead atoms. The monoisotopic (exact) mass is 444 g/mol. The molecule has 32 heavy (non-hydrogen) atoms. The third-order valence-electron chi connectivity index (χ3n) is 6.77. The molecule has 1 unspecified atom stereocenters. The maximum Gasteiger partial charge on any atom is 0.259 e. The van der Waals surface area contributed by atoms with Crippen LogP contribution in [0.2, 0.25) is 0 Å². The number of nitrogens with one attached hydrogen (secondary N) is 1. The lowest BCUT2D eigenvalue weighted by Gasteiger charge is -2.32. The second-order valence-corrected chi connectivity index (χ2v) is 10.2. The van der Waals surface area contributed by atoms with Gasteiger partial charge in [0.15, 0.2) is 0 Å². The van der Waals surface area contributed by atoms with Crippen LogP contribution < -0.4 is 10.7 Å². The molecular formula is C25H40N4O3. The molecule has 0 spiro atoms. The fourth-order valence-electron chi connectivity index (χ4n) is 5.16. The number of likely N-dealkylation sites (tertiary alicyclic amines) is 1. The Morgan fingerprint density at radius 2 is 1.72 bits per heavy atom. The van der Waals surface area contributed by atoms with Gasteiger partial charge in [-0.3, -0.25) is 14.4 Å². The molecule has 2 heterocycles. The van der Waals surface area contributed by atoms with E-state index in [1.54, 1.807) is 24.3 Å². The Hall–Kier alpha value is -2.15. The molecule has 0 radical (unpaired) electrons. The standard InChI is InChI=1S/C25H40N4O3/c1-18(2)26-24(31)21-16-29(15-19-9-6-5-7-10-19)17-22(23(21)30)25(32)28(4)14-20-11-8-12-27(3)13-20/h16-20H,5-15H2,1-4H3,(H,26,31). The summed E-state index contributed by atoms with van der Waals surface area (Å²) >= 11 is 0. The summed E-state index contributed by atoms with van der Waals surface area (Å²) in [6.45, 7) is 7.13. The Bertz CT molecular complexity index is 857. The van der Waals surface area contributed by atoms with Crippen LogP contribution >= 0.6 is 0 Å². The number of pyridine rings is 1. The maximum atomic E-state index is 13.3. The molecule has 1 aromatic heterocycles. The zero-order valence-corrected chi connectivity index (χ0v) is 20.2. The minimum atomic E-state index is -0.472. The highest BCUT2D eigenvalue weighted by molar-refractivity contribution is 5.99. The molecular weight excluding hydrogens is 404 g/mol. The molecule has 1 aliphatic heterocycles. The Kier molecular flexibility index (Phi) is 8.51. The van der Waals surface area contributed by atoms with Gasteiger partial charge in [-0.05, 0) is 65.0 Å². The summed E-state index contributed by atoms with van der Waals surface area (Å²) in [5, 5.41) is 2.81. The Morgan fingerprint density at radius 1 is 1.06 bits per heavy atom. The highest BCUT2D eigenvalue weighted by Gasteiger charge is 2.26. The van der Waals surface area contributed by atoms with Crippen molar-refractivity contribution < 1.29 is 9.59 Å². The van der Waals surface area contributed by atoms with E-state index < -0.39 is 11.3 Å². The van der Waals surface area contributed by atoms with E-state index in [1.807, 2.05) is 18.4 Å². The van der Waals surface area contributed by atoms with E-state index in [2.05, 4.69) is 17.3 Å². The number of amides is 2. The number of hydrogen-bond acceptors (Lipinski definition) is 4. The van der Waals surface area contributed by atoms with Crippen molar-refractivity contribution in [1.29, 1.82) is 0 Å². The van der Waals surface area contributed by atoms with Crippen molar-refractivity contribution in [3.8, 4) is 0 Å². The Labute approximate surface area is 192 Å². The van der Waals surface area contributed by atoms with Gasteiger partial charge in [0.05, 0.1) is 0 Å². The third-order valence-corrected chi connectivity index (χ3v) is 6.77. The number of hydrogen-bond donors (Lipinski definition) is 1. The summed E-state index contributed by atoms with van der Waals surface area (Å²) in [4.78, 5) is 43.2. The quantitative estimate of drug-likeness (QED) is 0.702. The van der Waals surface area contributed by atoms with Gasteiger partial charge in [-0.15, -0.1) is 0 Å². The van der Waals surface area contributed by atoms with Gasteiger partial charge in [-0.25, -0.2) is 0 Å². The van der Waals surface area contributed by atoms with Gasteiger partial charge in [0.25, 0.3) is 11.8 Å². The molecule has 1 aromatic rings. The zero-order valence-electron chi connectivity index (χ0n) is 20.2. The largest absolute Gasteiger partial charge is 0.352 e. The summed E-state index contributed by atoms with van der Waals surface area (Å²) in [7, 11) is 3.87. The zero-order chi connectivity index (χ0) is 23.3. The van der Waals surface area contributed by atoms with Crippen LogP contribution in [0.25, 0.3) is 0 Å². The van der Waals surface area contributed by atoms with Gasteiger partial charge in [-0.1, -0.05) is 19.3 Å². The molecule has 2 fully saturated rings. The second kappa shape index (κ2) is 11.1. The molecule has 2 aliphatic rings. The third kappa shape index (κ3) is 6.44. The van der Waals surface area contributed by atoms with E-state index in [1.165, 1.54) is 19.3 Å². The smallest absolute Gasteiger partial charge is 0.259 e. The number of aromatic nitrogens is 1. The molecule has 1 saturated carbocycles. The predicted molar refractivity (Wildman–Crippen MR) is 127 cm³/mol. The van der Waals surface area contributed by atoms with Crippen molar-refractivity contribution in [3.05, 3.63) is 33.7 Å². The minimum Gasteiger partial charge on any atom is -0.352 e. The van der Waals surface area contributed by atoms with Gasteiger partial charge in [0.1, 0.15) is 11.1 Å². The molecule has 1 saturated heterocycles. The minimum absolute atomic E-state index is 0.0613. The van der Waals surface area contributed by atoms with Crippen molar-refractivity contribution in [2.75, 3.05) is 33.7 Å². The van der Waals surface area contributed by atoms with E-state index in [9.17, 15) is 14.4 Å². The average Bonchev–Trinajstić information content (AvgIpc) is 2.74. The van der Waals surface area contributed by atoms with Crippen molar-refractivity contribution in [1.82, 2.24) is 19.7 Å². The molecule has 1 atom stereocenters. The number of carbonyl (C=O) groups is 2. The first kappa shape index (κ1) is 24.5. The van der Waals surface area contributed by atoms with Gasteiger partial charge in [0.2, 0.25) is 5.43 Å². The maximum absolute atomic E-state index is 13.3. The Morgan fingerprint density at radius 3 is 2.38 bits per heavy atom. The van der Waals surface area contributed by atoms with E-state index in [-0.39, 0.29) is 23.1 Å². The highest BCUT2D eigenvalue weighted by Crippen LogP contribution is 2.25. The number of carbonyl (C=O) groups excluding carboxylic acids is 2. The van der Waals surface area contributed by atoms with Gasteiger partial charge >= 0.3 is 0 Å². The van der Waals surface area contributed by atoms with Crippen molar-refractivity contribution in [2.24, 2.45) is 11.8 Å². The predicted octanol–water partition coefficient (Wildman–Crippen LogP) is 2.98. The number of piperidine rings is 1. The fourth-order valence-corrected chi connectivity index (χ4v) is 5.16. The molecule has 0 aromatic carbocycles. The van der Waals surface area contributed by atoms with Gasteiger partial charge < -0.3 is 19.7 Å². The van der Waals surface area contributed by atoms with Crippen LogP contribution in [-0.4, -0.2) is 66.0 Å². The van der Waals surface area contributed by atoms with Crippen molar-refractivity contribution in [2.45, 2.75) is 71.4 Å². The fraction of sp³-hybridized carbons (Fsp3) is 0.720. The molecule has 7 heteroatoms. The molecule has 1 aliphatic carbocycles. The number of rotatable bonds is 7. The first-order chi connectivity index (χ1) is 15.2. The van der Waals surface area contributed by atoms with Crippen LogP contribution in [0.3, 0.4) is 0 Å². The first-order valence-electron chi connectivity index (χ1n) is 12.2. The topological polar surface area (TPSA) is 74.7 Å².